The number of rotatable bonds is 4. The molecule has 0 radical (unpaired) electrons. The number of fused-ring (bicyclic) bond motifs is 1. The fraction of sp³-hybridized carbons (Fsp3) is 0.231. The summed E-state index contributed by atoms with van der Waals surface area (Å²) in [5.74, 6) is 1.00. The second-order valence-corrected chi connectivity index (χ2v) is 6.45. The second-order valence-electron chi connectivity index (χ2n) is 4.41. The summed E-state index contributed by atoms with van der Waals surface area (Å²) in [6.07, 6.45) is 3.03. The molecule has 0 fully saturated rings. The molecule has 0 spiro atoms. The van der Waals surface area contributed by atoms with Crippen molar-refractivity contribution in [1.82, 2.24) is 4.31 Å². The molecule has 0 saturated heterocycles. The van der Waals surface area contributed by atoms with Crippen LogP contribution >= 0.6 is 0 Å². The lowest BCUT2D eigenvalue weighted by Crippen LogP contribution is -2.26. The van der Waals surface area contributed by atoms with Crippen molar-refractivity contribution in [2.24, 2.45) is 0 Å². The summed E-state index contributed by atoms with van der Waals surface area (Å²) in [7, 11) is -2.06. The van der Waals surface area contributed by atoms with Gasteiger partial charge in [-0.2, -0.15) is 4.31 Å². The average Bonchev–Trinajstić information content (AvgIpc) is 3.07. The summed E-state index contributed by atoms with van der Waals surface area (Å²) < 4.78 is 41.5. The van der Waals surface area contributed by atoms with Gasteiger partial charge in [-0.3, -0.25) is 0 Å². The Hall–Kier alpha value is -1.99. The lowest BCUT2D eigenvalue weighted by atomic mass is 10.3. The highest BCUT2D eigenvalue weighted by molar-refractivity contribution is 7.89. The van der Waals surface area contributed by atoms with E-state index in [2.05, 4.69) is 0 Å². The van der Waals surface area contributed by atoms with E-state index in [-0.39, 0.29) is 18.2 Å². The first-order chi connectivity index (χ1) is 9.57. The quantitative estimate of drug-likeness (QED) is 0.860. The Morgan fingerprint density at radius 1 is 1.20 bits per heavy atom. The predicted molar refractivity (Wildman–Crippen MR) is 69.9 cm³/mol. The third kappa shape index (κ3) is 2.25. The smallest absolute Gasteiger partial charge is 0.243 e. The molecule has 7 heteroatoms. The molecule has 3 rings (SSSR count). The van der Waals surface area contributed by atoms with E-state index in [0.29, 0.717) is 11.5 Å². The fourth-order valence-electron chi connectivity index (χ4n) is 1.94. The molecule has 0 amide bonds. The van der Waals surface area contributed by atoms with Gasteiger partial charge in [0.1, 0.15) is 0 Å². The molecule has 0 atom stereocenters. The van der Waals surface area contributed by atoms with Gasteiger partial charge in [0.25, 0.3) is 0 Å². The van der Waals surface area contributed by atoms with E-state index in [1.165, 1.54) is 36.0 Å². The summed E-state index contributed by atoms with van der Waals surface area (Å²) in [5, 5.41) is 0. The van der Waals surface area contributed by atoms with E-state index in [0.717, 1.165) is 5.56 Å². The molecular formula is C13H13NO5S. The van der Waals surface area contributed by atoms with Gasteiger partial charge >= 0.3 is 0 Å². The minimum absolute atomic E-state index is 0.115. The maximum Gasteiger partial charge on any atom is 0.243 e. The van der Waals surface area contributed by atoms with Crippen molar-refractivity contribution in [2.45, 2.75) is 11.4 Å². The van der Waals surface area contributed by atoms with Crippen LogP contribution in [-0.4, -0.2) is 26.6 Å². The Balaban J connectivity index is 1.87. The van der Waals surface area contributed by atoms with Crippen LogP contribution in [-0.2, 0) is 16.6 Å². The first-order valence-corrected chi connectivity index (χ1v) is 7.38. The van der Waals surface area contributed by atoms with Crippen molar-refractivity contribution in [2.75, 3.05) is 13.8 Å². The molecule has 106 valence electrons. The van der Waals surface area contributed by atoms with Crippen molar-refractivity contribution in [3.63, 3.8) is 0 Å². The van der Waals surface area contributed by atoms with Gasteiger partial charge < -0.3 is 13.9 Å². The molecule has 1 aromatic heterocycles. The highest BCUT2D eigenvalue weighted by atomic mass is 32.2. The zero-order chi connectivity index (χ0) is 14.2. The molecule has 0 bridgehead atoms. The molecule has 0 saturated carbocycles. The molecule has 1 aliphatic heterocycles. The number of hydrogen-bond acceptors (Lipinski definition) is 5. The number of furan rings is 1. The Labute approximate surface area is 116 Å². The summed E-state index contributed by atoms with van der Waals surface area (Å²) in [6, 6.07) is 6.31. The first kappa shape index (κ1) is 13.0. The van der Waals surface area contributed by atoms with Gasteiger partial charge in [-0.15, -0.1) is 0 Å². The molecule has 20 heavy (non-hydrogen) atoms. The van der Waals surface area contributed by atoms with Crippen LogP contribution in [0, 0.1) is 0 Å². The van der Waals surface area contributed by atoms with E-state index < -0.39 is 10.0 Å². The van der Waals surface area contributed by atoms with Crippen LogP contribution in [0.1, 0.15) is 5.56 Å². The Bertz CT molecular complexity index is 708. The zero-order valence-electron chi connectivity index (χ0n) is 10.8. The summed E-state index contributed by atoms with van der Waals surface area (Å²) in [4.78, 5) is 0.174. The van der Waals surface area contributed by atoms with E-state index in [1.54, 1.807) is 12.1 Å². The minimum atomic E-state index is -3.58. The maximum atomic E-state index is 12.5. The van der Waals surface area contributed by atoms with Gasteiger partial charge in [-0.1, -0.05) is 0 Å². The third-order valence-electron chi connectivity index (χ3n) is 3.04. The van der Waals surface area contributed by atoms with Crippen LogP contribution in [0.2, 0.25) is 0 Å². The van der Waals surface area contributed by atoms with Crippen molar-refractivity contribution in [3.8, 4) is 11.5 Å². The highest BCUT2D eigenvalue weighted by Crippen LogP contribution is 2.34. The number of ether oxygens (including phenoxy) is 2. The Kier molecular flexibility index (Phi) is 3.15. The van der Waals surface area contributed by atoms with Crippen LogP contribution in [0.15, 0.2) is 46.1 Å². The molecule has 0 unspecified atom stereocenters. The van der Waals surface area contributed by atoms with Gasteiger partial charge in [0.2, 0.25) is 16.8 Å². The van der Waals surface area contributed by atoms with Crippen LogP contribution < -0.4 is 9.47 Å². The summed E-state index contributed by atoms with van der Waals surface area (Å²) in [5.41, 5.74) is 0.789. The topological polar surface area (TPSA) is 69.0 Å². The lowest BCUT2D eigenvalue weighted by molar-refractivity contribution is 0.174. The average molecular weight is 295 g/mol. The van der Waals surface area contributed by atoms with Crippen molar-refractivity contribution >= 4 is 10.0 Å². The minimum Gasteiger partial charge on any atom is -0.472 e. The van der Waals surface area contributed by atoms with E-state index >= 15 is 0 Å². The number of benzene rings is 1. The van der Waals surface area contributed by atoms with Crippen LogP contribution in [0.3, 0.4) is 0 Å². The fourth-order valence-corrected chi connectivity index (χ4v) is 3.12. The molecular weight excluding hydrogens is 282 g/mol. The standard InChI is InChI=1S/C13H13NO5S/c1-14(7-10-4-5-17-8-10)20(15,16)11-2-3-12-13(6-11)19-9-18-12/h2-6,8H,7,9H2,1H3. The van der Waals surface area contributed by atoms with Gasteiger partial charge in [-0.05, 0) is 18.2 Å². The lowest BCUT2D eigenvalue weighted by Gasteiger charge is -2.16. The van der Waals surface area contributed by atoms with Crippen LogP contribution in [0.5, 0.6) is 11.5 Å². The van der Waals surface area contributed by atoms with Gasteiger partial charge in [-0.25, -0.2) is 8.42 Å². The molecule has 2 aromatic rings. The largest absolute Gasteiger partial charge is 0.472 e. The van der Waals surface area contributed by atoms with E-state index in [1.807, 2.05) is 0 Å². The van der Waals surface area contributed by atoms with Crippen molar-refractivity contribution in [3.05, 3.63) is 42.4 Å². The maximum absolute atomic E-state index is 12.5. The van der Waals surface area contributed by atoms with Crippen molar-refractivity contribution < 1.29 is 22.3 Å². The molecule has 0 aliphatic carbocycles. The van der Waals surface area contributed by atoms with Crippen molar-refractivity contribution in [1.29, 1.82) is 0 Å². The van der Waals surface area contributed by atoms with Crippen LogP contribution in [0.4, 0.5) is 0 Å². The first-order valence-electron chi connectivity index (χ1n) is 5.94. The van der Waals surface area contributed by atoms with Gasteiger partial charge in [0, 0.05) is 25.2 Å². The number of hydrogen-bond donors (Lipinski definition) is 0. The predicted octanol–water partition coefficient (Wildman–Crippen LogP) is 1.83. The SMILES string of the molecule is CN(Cc1ccoc1)S(=O)(=O)c1ccc2c(c1)OCO2. The van der Waals surface area contributed by atoms with Gasteiger partial charge in [0.05, 0.1) is 17.4 Å². The Morgan fingerprint density at radius 2 is 2.00 bits per heavy atom. The second kappa shape index (κ2) is 4.84. The molecule has 0 N–H and O–H groups in total. The van der Waals surface area contributed by atoms with Crippen LogP contribution in [0.25, 0.3) is 0 Å². The highest BCUT2D eigenvalue weighted by Gasteiger charge is 2.24. The zero-order valence-corrected chi connectivity index (χ0v) is 11.6. The number of sulfonamides is 1. The molecule has 2 heterocycles. The molecule has 1 aromatic carbocycles. The monoisotopic (exact) mass is 295 g/mol. The third-order valence-corrected chi connectivity index (χ3v) is 4.84. The molecule has 1 aliphatic rings. The Morgan fingerprint density at radius 3 is 2.75 bits per heavy atom. The summed E-state index contributed by atoms with van der Waals surface area (Å²) in [6.45, 7) is 0.358. The van der Waals surface area contributed by atoms with E-state index in [4.69, 9.17) is 13.9 Å². The molecule has 6 nitrogen and oxygen atoms in total. The van der Waals surface area contributed by atoms with E-state index in [9.17, 15) is 8.42 Å². The summed E-state index contributed by atoms with van der Waals surface area (Å²) >= 11 is 0. The number of nitrogens with zero attached hydrogens (tertiary/aromatic N) is 1. The van der Waals surface area contributed by atoms with Gasteiger partial charge in [0.15, 0.2) is 11.5 Å². The normalized spacial score (nSPS) is 13.9.